The van der Waals surface area contributed by atoms with Gasteiger partial charge in [0.05, 0.1) is 18.6 Å². The van der Waals surface area contributed by atoms with Gasteiger partial charge in [-0.1, -0.05) is 24.3 Å². The highest BCUT2D eigenvalue weighted by atomic mass is 19.1. The highest BCUT2D eigenvalue weighted by Crippen LogP contribution is 2.29. The molecule has 0 heterocycles. The average molecular weight is 318 g/mol. The van der Waals surface area contributed by atoms with E-state index in [4.69, 9.17) is 9.84 Å². The molecule has 0 aliphatic carbocycles. The molecule has 4 nitrogen and oxygen atoms in total. The van der Waals surface area contributed by atoms with Gasteiger partial charge in [-0.2, -0.15) is 0 Å². The average Bonchev–Trinajstić information content (AvgIpc) is 2.46. The number of hydrogen-bond acceptors (Lipinski definition) is 3. The molecular formula is C18H19FO4. The fourth-order valence-electron chi connectivity index (χ4n) is 2.14. The maximum atomic E-state index is 14.3. The van der Waals surface area contributed by atoms with Crippen molar-refractivity contribution in [2.45, 2.75) is 25.9 Å². The van der Waals surface area contributed by atoms with Crippen molar-refractivity contribution in [3.05, 3.63) is 53.8 Å². The third kappa shape index (κ3) is 4.53. The van der Waals surface area contributed by atoms with E-state index in [1.807, 2.05) is 0 Å². The van der Waals surface area contributed by atoms with Crippen molar-refractivity contribution in [3.8, 4) is 16.9 Å². The largest absolute Gasteiger partial charge is 0.493 e. The minimum Gasteiger partial charge on any atom is -0.493 e. The van der Waals surface area contributed by atoms with Crippen molar-refractivity contribution in [1.82, 2.24) is 0 Å². The molecule has 0 aromatic heterocycles. The molecule has 122 valence electrons. The van der Waals surface area contributed by atoms with E-state index >= 15 is 0 Å². The number of hydrogen-bond donors (Lipinski definition) is 2. The Kier molecular flexibility index (Phi) is 5.01. The van der Waals surface area contributed by atoms with E-state index in [1.54, 1.807) is 50.2 Å². The zero-order valence-electron chi connectivity index (χ0n) is 13.0. The summed E-state index contributed by atoms with van der Waals surface area (Å²) in [6.45, 7) is 3.25. The zero-order valence-corrected chi connectivity index (χ0v) is 13.0. The van der Waals surface area contributed by atoms with Gasteiger partial charge in [0.25, 0.3) is 0 Å². The van der Waals surface area contributed by atoms with E-state index < -0.39 is 17.4 Å². The van der Waals surface area contributed by atoms with Gasteiger partial charge in [-0.15, -0.1) is 0 Å². The lowest BCUT2D eigenvalue weighted by Crippen LogP contribution is -2.15. The molecule has 2 aromatic rings. The van der Waals surface area contributed by atoms with Gasteiger partial charge in [-0.3, -0.25) is 4.79 Å². The number of rotatable bonds is 6. The molecule has 0 fully saturated rings. The first kappa shape index (κ1) is 17.0. The quantitative estimate of drug-likeness (QED) is 0.854. The molecule has 2 N–H and O–H groups in total. The van der Waals surface area contributed by atoms with Crippen LogP contribution in [0.2, 0.25) is 0 Å². The summed E-state index contributed by atoms with van der Waals surface area (Å²) in [5.41, 5.74) is 0.396. The SMILES string of the molecule is CC(C)(O)c1ccc(-c2cccc(OCCC(=O)O)c2)c(F)c1. The van der Waals surface area contributed by atoms with E-state index in [0.29, 0.717) is 22.4 Å². The van der Waals surface area contributed by atoms with E-state index in [2.05, 4.69) is 0 Å². The Balaban J connectivity index is 2.23. The van der Waals surface area contributed by atoms with Crippen molar-refractivity contribution >= 4 is 5.97 Å². The Morgan fingerprint density at radius 1 is 1.22 bits per heavy atom. The number of halogens is 1. The van der Waals surface area contributed by atoms with Crippen LogP contribution in [0.3, 0.4) is 0 Å². The van der Waals surface area contributed by atoms with Crippen molar-refractivity contribution < 1.29 is 24.1 Å². The summed E-state index contributed by atoms with van der Waals surface area (Å²) in [6, 6.07) is 11.4. The van der Waals surface area contributed by atoms with Gasteiger partial charge >= 0.3 is 5.97 Å². The van der Waals surface area contributed by atoms with Crippen LogP contribution in [0, 0.1) is 5.82 Å². The van der Waals surface area contributed by atoms with E-state index in [-0.39, 0.29) is 13.0 Å². The molecule has 5 heteroatoms. The normalized spacial score (nSPS) is 11.3. The van der Waals surface area contributed by atoms with Crippen LogP contribution >= 0.6 is 0 Å². The van der Waals surface area contributed by atoms with Crippen molar-refractivity contribution in [2.24, 2.45) is 0 Å². The van der Waals surface area contributed by atoms with Crippen molar-refractivity contribution in [1.29, 1.82) is 0 Å². The van der Waals surface area contributed by atoms with Crippen LogP contribution in [-0.4, -0.2) is 22.8 Å². The van der Waals surface area contributed by atoms with Crippen LogP contribution in [0.1, 0.15) is 25.8 Å². The topological polar surface area (TPSA) is 66.8 Å². The van der Waals surface area contributed by atoms with Crippen molar-refractivity contribution in [3.63, 3.8) is 0 Å². The van der Waals surface area contributed by atoms with Gasteiger partial charge in [0.2, 0.25) is 0 Å². The first-order valence-corrected chi connectivity index (χ1v) is 7.25. The number of carboxylic acid groups (broad SMARTS) is 1. The number of aliphatic hydroxyl groups is 1. The Labute approximate surface area is 134 Å². The first-order chi connectivity index (χ1) is 10.8. The third-order valence-corrected chi connectivity index (χ3v) is 3.41. The summed E-state index contributed by atoms with van der Waals surface area (Å²) >= 11 is 0. The van der Waals surface area contributed by atoms with Gasteiger partial charge < -0.3 is 14.9 Å². The molecule has 0 amide bonds. The van der Waals surface area contributed by atoms with Gasteiger partial charge in [0.1, 0.15) is 11.6 Å². The molecule has 2 aromatic carbocycles. The molecule has 0 aliphatic heterocycles. The Hall–Kier alpha value is -2.40. The molecule has 23 heavy (non-hydrogen) atoms. The summed E-state index contributed by atoms with van der Waals surface area (Å²) < 4.78 is 19.7. The molecule has 0 atom stereocenters. The highest BCUT2D eigenvalue weighted by Gasteiger charge is 2.18. The molecule has 0 saturated heterocycles. The second kappa shape index (κ2) is 6.79. The van der Waals surface area contributed by atoms with Crippen LogP contribution in [0.5, 0.6) is 5.75 Å². The van der Waals surface area contributed by atoms with E-state index in [9.17, 15) is 14.3 Å². The lowest BCUT2D eigenvalue weighted by molar-refractivity contribution is -0.137. The molecule has 2 rings (SSSR count). The fraction of sp³-hybridized carbons (Fsp3) is 0.278. The predicted molar refractivity (Wildman–Crippen MR) is 84.8 cm³/mol. The van der Waals surface area contributed by atoms with Crippen LogP contribution in [-0.2, 0) is 10.4 Å². The summed E-state index contributed by atoms with van der Waals surface area (Å²) in [5, 5.41) is 18.5. The Bertz CT molecular complexity index is 704. The maximum Gasteiger partial charge on any atom is 0.306 e. The minimum absolute atomic E-state index is 0.0545. The first-order valence-electron chi connectivity index (χ1n) is 7.25. The molecular weight excluding hydrogens is 299 g/mol. The lowest BCUT2D eigenvalue weighted by atomic mass is 9.95. The van der Waals surface area contributed by atoms with E-state index in [0.717, 1.165) is 0 Å². The van der Waals surface area contributed by atoms with Crippen LogP contribution in [0.4, 0.5) is 4.39 Å². The highest BCUT2D eigenvalue weighted by molar-refractivity contribution is 5.67. The predicted octanol–water partition coefficient (Wildman–Crippen LogP) is 3.57. The number of carboxylic acids is 1. The Morgan fingerprint density at radius 3 is 2.57 bits per heavy atom. The smallest absolute Gasteiger partial charge is 0.306 e. The lowest BCUT2D eigenvalue weighted by Gasteiger charge is -2.18. The van der Waals surface area contributed by atoms with Gasteiger partial charge in [0.15, 0.2) is 0 Å². The summed E-state index contributed by atoms with van der Waals surface area (Å²) in [6.07, 6.45) is -0.0983. The summed E-state index contributed by atoms with van der Waals surface area (Å²) in [7, 11) is 0. The van der Waals surface area contributed by atoms with Gasteiger partial charge in [-0.05, 0) is 43.2 Å². The molecule has 0 aliphatic rings. The van der Waals surface area contributed by atoms with Gasteiger partial charge in [0, 0.05) is 5.56 Å². The summed E-state index contributed by atoms with van der Waals surface area (Å²) in [5.74, 6) is -0.892. The molecule has 0 radical (unpaired) electrons. The zero-order chi connectivity index (χ0) is 17.0. The van der Waals surface area contributed by atoms with Gasteiger partial charge in [-0.25, -0.2) is 4.39 Å². The van der Waals surface area contributed by atoms with E-state index in [1.165, 1.54) is 6.07 Å². The minimum atomic E-state index is -1.11. The number of ether oxygens (including phenoxy) is 1. The van der Waals surface area contributed by atoms with Crippen molar-refractivity contribution in [2.75, 3.05) is 6.61 Å². The molecule has 0 unspecified atom stereocenters. The monoisotopic (exact) mass is 318 g/mol. The second-order valence-electron chi connectivity index (χ2n) is 5.77. The second-order valence-corrected chi connectivity index (χ2v) is 5.77. The van der Waals surface area contributed by atoms with Crippen LogP contribution in [0.15, 0.2) is 42.5 Å². The number of benzene rings is 2. The molecule has 0 bridgehead atoms. The Morgan fingerprint density at radius 2 is 1.96 bits per heavy atom. The number of carbonyl (C=O) groups is 1. The third-order valence-electron chi connectivity index (χ3n) is 3.41. The van der Waals surface area contributed by atoms with Crippen LogP contribution < -0.4 is 4.74 Å². The standard InChI is InChI=1S/C18H19FO4/c1-18(2,22)13-6-7-15(16(19)11-13)12-4-3-5-14(10-12)23-9-8-17(20)21/h3-7,10-11,22H,8-9H2,1-2H3,(H,20,21). The summed E-state index contributed by atoms with van der Waals surface area (Å²) in [4.78, 5) is 10.5. The molecule has 0 saturated carbocycles. The van der Waals surface area contributed by atoms with Crippen LogP contribution in [0.25, 0.3) is 11.1 Å². The molecule has 0 spiro atoms. The number of aliphatic carboxylic acids is 1. The maximum absolute atomic E-state index is 14.3. The fourth-order valence-corrected chi connectivity index (χ4v) is 2.14.